The standard InChI is InChI=1S/C14H10ClF11O/c1-27-9(7-4-2-3-5-8(7)15)6-10(16,17)11(18,19)12(20,21)13(22,23)14(24,25)26/h2-5,9H,6H2,1H3. The molecule has 27 heavy (non-hydrogen) atoms. The molecule has 1 rings (SSSR count). The number of benzene rings is 1. The summed E-state index contributed by atoms with van der Waals surface area (Å²) in [6.07, 6.45) is -11.6. The van der Waals surface area contributed by atoms with Gasteiger partial charge in [-0.2, -0.15) is 48.3 Å². The third-order valence-electron chi connectivity index (χ3n) is 3.58. The lowest BCUT2D eigenvalue weighted by Crippen LogP contribution is -2.66. The summed E-state index contributed by atoms with van der Waals surface area (Å²) in [6, 6.07) is 4.58. The molecule has 1 aromatic carbocycles. The minimum Gasteiger partial charge on any atom is -0.376 e. The average molecular weight is 439 g/mol. The fourth-order valence-electron chi connectivity index (χ4n) is 2.02. The first kappa shape index (κ1) is 23.7. The summed E-state index contributed by atoms with van der Waals surface area (Å²) in [7, 11) is 0.699. The van der Waals surface area contributed by atoms with Gasteiger partial charge in [0.25, 0.3) is 0 Å². The van der Waals surface area contributed by atoms with Crippen molar-refractivity contribution in [1.82, 2.24) is 0 Å². The second kappa shape index (κ2) is 7.26. The van der Waals surface area contributed by atoms with Crippen molar-refractivity contribution in [2.45, 2.75) is 42.4 Å². The Morgan fingerprint density at radius 3 is 1.70 bits per heavy atom. The Hall–Kier alpha value is -1.30. The molecule has 0 heterocycles. The zero-order valence-corrected chi connectivity index (χ0v) is 13.8. The topological polar surface area (TPSA) is 9.23 Å². The van der Waals surface area contributed by atoms with E-state index in [2.05, 4.69) is 4.74 Å². The minimum absolute atomic E-state index is 0.309. The van der Waals surface area contributed by atoms with E-state index in [9.17, 15) is 48.3 Å². The van der Waals surface area contributed by atoms with Gasteiger partial charge in [-0.15, -0.1) is 0 Å². The number of methoxy groups -OCH3 is 1. The van der Waals surface area contributed by atoms with E-state index < -0.39 is 42.4 Å². The van der Waals surface area contributed by atoms with Crippen LogP contribution in [0.4, 0.5) is 48.3 Å². The second-order valence-electron chi connectivity index (χ2n) is 5.38. The fourth-order valence-corrected chi connectivity index (χ4v) is 2.28. The molecule has 0 saturated carbocycles. The molecule has 0 N–H and O–H groups in total. The quantitative estimate of drug-likeness (QED) is 0.440. The van der Waals surface area contributed by atoms with Crippen LogP contribution >= 0.6 is 11.6 Å². The molecule has 0 radical (unpaired) electrons. The molecule has 13 heteroatoms. The number of hydrogen-bond donors (Lipinski definition) is 0. The van der Waals surface area contributed by atoms with Crippen LogP contribution in [0.15, 0.2) is 24.3 Å². The molecule has 1 aromatic rings. The van der Waals surface area contributed by atoms with Gasteiger partial charge in [0, 0.05) is 18.6 Å². The molecule has 0 aromatic heterocycles. The molecule has 0 aliphatic carbocycles. The van der Waals surface area contributed by atoms with Crippen molar-refractivity contribution in [3.8, 4) is 0 Å². The Morgan fingerprint density at radius 1 is 0.815 bits per heavy atom. The number of hydrogen-bond acceptors (Lipinski definition) is 1. The molecule has 0 bridgehead atoms. The van der Waals surface area contributed by atoms with Gasteiger partial charge in [0.1, 0.15) is 0 Å². The summed E-state index contributed by atoms with van der Waals surface area (Å²) < 4.78 is 147. The fraction of sp³-hybridized carbons (Fsp3) is 0.571. The van der Waals surface area contributed by atoms with Gasteiger partial charge in [-0.05, 0) is 11.6 Å². The van der Waals surface area contributed by atoms with E-state index in [-0.39, 0.29) is 10.6 Å². The molecule has 0 fully saturated rings. The van der Waals surface area contributed by atoms with Crippen LogP contribution in [0.3, 0.4) is 0 Å². The molecule has 0 spiro atoms. The number of rotatable bonds is 7. The molecule has 1 nitrogen and oxygen atoms in total. The summed E-state index contributed by atoms with van der Waals surface area (Å²) in [5, 5.41) is -0.309. The Labute approximate surface area is 150 Å². The van der Waals surface area contributed by atoms with E-state index >= 15 is 0 Å². The van der Waals surface area contributed by atoms with Crippen molar-refractivity contribution >= 4 is 11.6 Å². The zero-order chi connectivity index (χ0) is 21.5. The van der Waals surface area contributed by atoms with Crippen LogP contribution in [0.2, 0.25) is 5.02 Å². The maximum absolute atomic E-state index is 13.8. The van der Waals surface area contributed by atoms with Crippen LogP contribution in [0.1, 0.15) is 18.1 Å². The van der Waals surface area contributed by atoms with Crippen molar-refractivity contribution in [1.29, 1.82) is 0 Å². The molecule has 1 unspecified atom stereocenters. The van der Waals surface area contributed by atoms with Gasteiger partial charge in [0.2, 0.25) is 0 Å². The van der Waals surface area contributed by atoms with Gasteiger partial charge in [-0.1, -0.05) is 29.8 Å². The van der Waals surface area contributed by atoms with Gasteiger partial charge >= 0.3 is 29.9 Å². The maximum atomic E-state index is 13.8. The van der Waals surface area contributed by atoms with E-state index in [0.717, 1.165) is 12.1 Å². The van der Waals surface area contributed by atoms with Crippen LogP contribution in [0, 0.1) is 0 Å². The van der Waals surface area contributed by atoms with Gasteiger partial charge in [0.05, 0.1) is 6.10 Å². The van der Waals surface area contributed by atoms with Crippen LogP contribution in [0.5, 0.6) is 0 Å². The van der Waals surface area contributed by atoms with Crippen molar-refractivity contribution < 1.29 is 53.0 Å². The van der Waals surface area contributed by atoms with Crippen LogP contribution in [-0.2, 0) is 4.74 Å². The van der Waals surface area contributed by atoms with Gasteiger partial charge in [-0.25, -0.2) is 0 Å². The minimum atomic E-state index is -7.44. The second-order valence-corrected chi connectivity index (χ2v) is 5.78. The van der Waals surface area contributed by atoms with Gasteiger partial charge in [-0.3, -0.25) is 0 Å². The van der Waals surface area contributed by atoms with Crippen LogP contribution < -0.4 is 0 Å². The smallest absolute Gasteiger partial charge is 0.376 e. The highest BCUT2D eigenvalue weighted by Crippen LogP contribution is 2.58. The summed E-state index contributed by atoms with van der Waals surface area (Å²) in [4.78, 5) is 0. The largest absolute Gasteiger partial charge is 0.460 e. The highest BCUT2D eigenvalue weighted by atomic mass is 35.5. The normalized spacial score (nSPS) is 15.7. The third-order valence-corrected chi connectivity index (χ3v) is 3.93. The lowest BCUT2D eigenvalue weighted by atomic mass is 9.92. The molecular weight excluding hydrogens is 429 g/mol. The van der Waals surface area contributed by atoms with Crippen molar-refractivity contribution in [2.24, 2.45) is 0 Å². The molecule has 0 aliphatic rings. The molecule has 156 valence electrons. The zero-order valence-electron chi connectivity index (χ0n) is 13.0. The molecule has 1 atom stereocenters. The van der Waals surface area contributed by atoms with Gasteiger partial charge in [0.15, 0.2) is 0 Å². The Balaban J connectivity index is 3.33. The first-order valence-electron chi connectivity index (χ1n) is 6.79. The summed E-state index contributed by atoms with van der Waals surface area (Å²) >= 11 is 5.63. The van der Waals surface area contributed by atoms with Crippen molar-refractivity contribution in [3.63, 3.8) is 0 Å². The average Bonchev–Trinajstić information content (AvgIpc) is 2.51. The molecule has 0 saturated heterocycles. The number of ether oxygens (including phenoxy) is 1. The summed E-state index contributed by atoms with van der Waals surface area (Å²) in [6.45, 7) is 0. The van der Waals surface area contributed by atoms with E-state index in [4.69, 9.17) is 11.6 Å². The van der Waals surface area contributed by atoms with E-state index in [1.165, 1.54) is 12.1 Å². The van der Waals surface area contributed by atoms with Crippen LogP contribution in [0.25, 0.3) is 0 Å². The maximum Gasteiger partial charge on any atom is 0.460 e. The summed E-state index contributed by atoms with van der Waals surface area (Å²) in [5.74, 6) is -28.0. The Kier molecular flexibility index (Phi) is 6.39. The molecule has 0 aliphatic heterocycles. The van der Waals surface area contributed by atoms with Crippen molar-refractivity contribution in [2.75, 3.05) is 7.11 Å². The molecule has 0 amide bonds. The van der Waals surface area contributed by atoms with Gasteiger partial charge < -0.3 is 4.74 Å². The highest BCUT2D eigenvalue weighted by Gasteiger charge is 2.87. The van der Waals surface area contributed by atoms with E-state index in [1.54, 1.807) is 0 Å². The van der Waals surface area contributed by atoms with Crippen molar-refractivity contribution in [3.05, 3.63) is 34.9 Å². The highest BCUT2D eigenvalue weighted by molar-refractivity contribution is 6.31. The van der Waals surface area contributed by atoms with E-state index in [0.29, 0.717) is 7.11 Å². The lowest BCUT2D eigenvalue weighted by molar-refractivity contribution is -0.423. The summed E-state index contributed by atoms with van der Waals surface area (Å²) in [5.41, 5.74) is -0.386. The first-order chi connectivity index (χ1) is 11.9. The number of halogens is 12. The first-order valence-corrected chi connectivity index (χ1v) is 7.17. The monoisotopic (exact) mass is 438 g/mol. The third kappa shape index (κ3) is 3.96. The SMILES string of the molecule is COC(CC(F)(F)C(F)(F)C(F)(F)C(F)(F)C(F)(F)F)c1ccccc1Cl. The predicted molar refractivity (Wildman–Crippen MR) is 71.7 cm³/mol. The lowest BCUT2D eigenvalue weighted by Gasteiger charge is -2.38. The van der Waals surface area contributed by atoms with Crippen LogP contribution in [-0.4, -0.2) is 37.0 Å². The Bertz CT molecular complexity index is 657. The van der Waals surface area contributed by atoms with E-state index in [1.807, 2.05) is 0 Å². The number of alkyl halides is 11. The Morgan fingerprint density at radius 2 is 1.30 bits per heavy atom. The molecular formula is C14H10ClF11O. The predicted octanol–water partition coefficient (Wildman–Crippen LogP) is 6.52.